The van der Waals surface area contributed by atoms with E-state index in [9.17, 15) is 4.79 Å². The van der Waals surface area contributed by atoms with Gasteiger partial charge in [-0.1, -0.05) is 18.2 Å². The van der Waals surface area contributed by atoms with Crippen LogP contribution in [0.15, 0.2) is 65.4 Å². The van der Waals surface area contributed by atoms with Crippen molar-refractivity contribution in [1.82, 2.24) is 25.0 Å². The highest BCUT2D eigenvalue weighted by molar-refractivity contribution is 6.06. The normalized spacial score (nSPS) is 15.5. The number of furan rings is 1. The maximum absolute atomic E-state index is 13.4. The molecule has 0 spiro atoms. The summed E-state index contributed by atoms with van der Waals surface area (Å²) in [5, 5.41) is 8.45. The molecule has 8 nitrogen and oxygen atoms in total. The molecular weight excluding hydrogens is 452 g/mol. The molecule has 188 valence electrons. The molecule has 4 aromatic rings. The fourth-order valence-electron chi connectivity index (χ4n) is 4.75. The van der Waals surface area contributed by atoms with Crippen LogP contribution in [0.25, 0.3) is 22.5 Å². The smallest absolute Gasteiger partial charge is 0.252 e. The highest BCUT2D eigenvalue weighted by Gasteiger charge is 2.22. The average Bonchev–Trinajstić information content (AvgIpc) is 3.58. The van der Waals surface area contributed by atoms with Crippen molar-refractivity contribution in [2.75, 3.05) is 37.6 Å². The van der Waals surface area contributed by atoms with Crippen LogP contribution in [0.3, 0.4) is 0 Å². The number of anilines is 1. The van der Waals surface area contributed by atoms with Crippen LogP contribution in [0, 0.1) is 0 Å². The minimum absolute atomic E-state index is 0.0417. The molecule has 1 aliphatic heterocycles. The van der Waals surface area contributed by atoms with E-state index in [0.717, 1.165) is 44.5 Å². The number of piperazine rings is 1. The van der Waals surface area contributed by atoms with Crippen LogP contribution in [-0.2, 0) is 0 Å². The van der Waals surface area contributed by atoms with Crippen molar-refractivity contribution < 1.29 is 9.21 Å². The van der Waals surface area contributed by atoms with Gasteiger partial charge in [-0.15, -0.1) is 0 Å². The molecule has 36 heavy (non-hydrogen) atoms. The molecule has 1 saturated heterocycles. The Morgan fingerprint density at radius 1 is 1.06 bits per heavy atom. The van der Waals surface area contributed by atoms with Crippen LogP contribution in [0.2, 0.25) is 0 Å². The minimum Gasteiger partial charge on any atom is -0.463 e. The summed E-state index contributed by atoms with van der Waals surface area (Å²) in [5.41, 5.74) is 3.18. The molecule has 8 heteroatoms. The van der Waals surface area contributed by atoms with E-state index < -0.39 is 0 Å². The fourth-order valence-corrected chi connectivity index (χ4v) is 4.75. The first-order chi connectivity index (χ1) is 17.5. The van der Waals surface area contributed by atoms with Gasteiger partial charge in [0.1, 0.15) is 5.69 Å². The van der Waals surface area contributed by atoms with Gasteiger partial charge in [-0.25, -0.2) is 9.67 Å². The third-order valence-corrected chi connectivity index (χ3v) is 6.82. The van der Waals surface area contributed by atoms with E-state index in [-0.39, 0.29) is 18.0 Å². The van der Waals surface area contributed by atoms with Gasteiger partial charge in [0.15, 0.2) is 11.4 Å². The summed E-state index contributed by atoms with van der Waals surface area (Å²) in [7, 11) is 0. The number of fused-ring (bicyclic) bond motifs is 1. The molecule has 1 N–H and O–H groups in total. The van der Waals surface area contributed by atoms with Gasteiger partial charge in [-0.05, 0) is 57.5 Å². The van der Waals surface area contributed by atoms with Gasteiger partial charge in [-0.3, -0.25) is 9.69 Å². The number of hydrogen-bond donors (Lipinski definition) is 1. The summed E-state index contributed by atoms with van der Waals surface area (Å²) in [6.45, 7) is 11.2. The second-order valence-electron chi connectivity index (χ2n) is 9.78. The monoisotopic (exact) mass is 486 g/mol. The molecule has 1 aliphatic rings. The number of benzene rings is 1. The Morgan fingerprint density at radius 3 is 2.53 bits per heavy atom. The Bertz CT molecular complexity index is 1290. The van der Waals surface area contributed by atoms with Crippen molar-refractivity contribution in [2.45, 2.75) is 39.3 Å². The quantitative estimate of drug-likeness (QED) is 0.392. The predicted molar refractivity (Wildman–Crippen MR) is 142 cm³/mol. The Balaban J connectivity index is 1.23. The highest BCUT2D eigenvalue weighted by atomic mass is 16.3. The second-order valence-corrected chi connectivity index (χ2v) is 9.78. The summed E-state index contributed by atoms with van der Waals surface area (Å²) < 4.78 is 7.41. The zero-order valence-corrected chi connectivity index (χ0v) is 21.2. The van der Waals surface area contributed by atoms with Crippen LogP contribution >= 0.6 is 0 Å². The summed E-state index contributed by atoms with van der Waals surface area (Å²) in [4.78, 5) is 23.1. The van der Waals surface area contributed by atoms with Crippen LogP contribution in [0.4, 0.5) is 5.69 Å². The van der Waals surface area contributed by atoms with Crippen LogP contribution in [-0.4, -0.2) is 64.3 Å². The Kier molecular flexibility index (Phi) is 7.04. The molecule has 1 fully saturated rings. The zero-order chi connectivity index (χ0) is 25.1. The van der Waals surface area contributed by atoms with E-state index in [4.69, 9.17) is 9.40 Å². The molecule has 0 aliphatic carbocycles. The van der Waals surface area contributed by atoms with E-state index in [1.54, 1.807) is 18.5 Å². The first-order valence-corrected chi connectivity index (χ1v) is 12.7. The molecule has 1 amide bonds. The number of carbonyl (C=O) groups is 1. The number of nitrogens with one attached hydrogen (secondary N) is 1. The van der Waals surface area contributed by atoms with Crippen LogP contribution in [0.1, 0.15) is 43.6 Å². The lowest BCUT2D eigenvalue weighted by atomic mass is 10.1. The number of aromatic nitrogens is 3. The molecule has 1 aromatic carbocycles. The van der Waals surface area contributed by atoms with E-state index in [1.165, 1.54) is 5.69 Å². The van der Waals surface area contributed by atoms with Gasteiger partial charge in [-0.2, -0.15) is 5.10 Å². The lowest BCUT2D eigenvalue weighted by molar-refractivity contribution is 0.0937. The van der Waals surface area contributed by atoms with Crippen molar-refractivity contribution in [2.24, 2.45) is 0 Å². The Labute approximate surface area is 211 Å². The number of nitrogens with zero attached hydrogens (tertiary/aromatic N) is 5. The molecule has 5 rings (SSSR count). The van der Waals surface area contributed by atoms with Gasteiger partial charge in [0.25, 0.3) is 5.91 Å². The average molecular weight is 487 g/mol. The van der Waals surface area contributed by atoms with Crippen molar-refractivity contribution in [3.63, 3.8) is 0 Å². The number of rotatable bonds is 8. The van der Waals surface area contributed by atoms with Crippen molar-refractivity contribution in [3.8, 4) is 11.5 Å². The zero-order valence-electron chi connectivity index (χ0n) is 21.2. The molecular formula is C28H34N6O2. The first kappa shape index (κ1) is 24.1. The van der Waals surface area contributed by atoms with Gasteiger partial charge in [0, 0.05) is 50.5 Å². The third kappa shape index (κ3) is 5.14. The van der Waals surface area contributed by atoms with Gasteiger partial charge < -0.3 is 14.6 Å². The topological polar surface area (TPSA) is 79.4 Å². The van der Waals surface area contributed by atoms with Crippen LogP contribution < -0.4 is 10.2 Å². The molecule has 0 saturated carbocycles. The van der Waals surface area contributed by atoms with Crippen molar-refractivity contribution in [3.05, 3.63) is 66.6 Å². The van der Waals surface area contributed by atoms with Crippen molar-refractivity contribution in [1.29, 1.82) is 0 Å². The van der Waals surface area contributed by atoms with E-state index in [2.05, 4.69) is 71.3 Å². The van der Waals surface area contributed by atoms with E-state index in [0.29, 0.717) is 22.7 Å². The van der Waals surface area contributed by atoms with Crippen molar-refractivity contribution >= 4 is 22.6 Å². The number of hydrogen-bond acceptors (Lipinski definition) is 6. The van der Waals surface area contributed by atoms with Gasteiger partial charge in [0.2, 0.25) is 0 Å². The largest absolute Gasteiger partial charge is 0.463 e. The van der Waals surface area contributed by atoms with E-state index >= 15 is 0 Å². The van der Waals surface area contributed by atoms with E-state index in [1.807, 2.05) is 16.8 Å². The molecule has 1 unspecified atom stereocenters. The second kappa shape index (κ2) is 10.5. The summed E-state index contributed by atoms with van der Waals surface area (Å²) in [6.07, 6.45) is 4.24. The molecule has 4 heterocycles. The number of amides is 1. The number of para-hydroxylation sites is 1. The summed E-state index contributed by atoms with van der Waals surface area (Å²) >= 11 is 0. The number of carbonyl (C=O) groups excluding carboxylic acids is 1. The molecule has 1 atom stereocenters. The summed E-state index contributed by atoms with van der Waals surface area (Å²) in [6, 6.07) is 16.2. The minimum atomic E-state index is -0.111. The molecule has 0 radical (unpaired) electrons. The lowest BCUT2D eigenvalue weighted by Crippen LogP contribution is -2.47. The summed E-state index contributed by atoms with van der Waals surface area (Å²) in [5.74, 6) is 0.519. The van der Waals surface area contributed by atoms with Gasteiger partial charge in [0.05, 0.1) is 23.4 Å². The Morgan fingerprint density at radius 2 is 1.83 bits per heavy atom. The maximum Gasteiger partial charge on any atom is 0.252 e. The third-order valence-electron chi connectivity index (χ3n) is 6.82. The fraction of sp³-hybridized carbons (Fsp3) is 0.393. The predicted octanol–water partition coefficient (Wildman–Crippen LogP) is 4.60. The highest BCUT2D eigenvalue weighted by Crippen LogP contribution is 2.27. The maximum atomic E-state index is 13.4. The Hall–Kier alpha value is -3.65. The standard InChI is InChI=1S/C28H34N6O2/c1-20(2)34-27-24(19-29-34)23(18-25(31-27)26-10-7-17-36-26)28(35)30-21(3)11-12-32-13-15-33(16-14-32)22-8-5-4-6-9-22/h4-10,17-21H,11-16H2,1-3H3,(H,30,35). The number of pyridine rings is 1. The van der Waals surface area contributed by atoms with Crippen LogP contribution in [0.5, 0.6) is 0 Å². The molecule has 3 aromatic heterocycles. The molecule has 0 bridgehead atoms. The SMILES string of the molecule is CC(CCN1CCN(c2ccccc2)CC1)NC(=O)c1cc(-c2ccco2)nc2c1cnn2C(C)C. The van der Waals surface area contributed by atoms with Gasteiger partial charge >= 0.3 is 0 Å². The lowest BCUT2D eigenvalue weighted by Gasteiger charge is -2.36. The first-order valence-electron chi connectivity index (χ1n) is 12.7.